The lowest BCUT2D eigenvalue weighted by molar-refractivity contribution is 0.493. The van der Waals surface area contributed by atoms with Gasteiger partial charge < -0.3 is 9.73 Å². The molecule has 0 aliphatic carbocycles. The highest BCUT2D eigenvalue weighted by Gasteiger charge is 2.05. The Hall–Kier alpha value is -1.90. The molecule has 0 saturated carbocycles. The summed E-state index contributed by atoms with van der Waals surface area (Å²) in [4.78, 5) is 0. The van der Waals surface area contributed by atoms with E-state index in [1.165, 1.54) is 0 Å². The molecule has 0 radical (unpaired) electrons. The molecule has 0 bridgehead atoms. The van der Waals surface area contributed by atoms with Crippen LogP contribution in [0, 0.1) is 10.7 Å². The Morgan fingerprint density at radius 1 is 1.30 bits per heavy atom. The van der Waals surface area contributed by atoms with E-state index in [1.54, 1.807) is 4.68 Å². The highest BCUT2D eigenvalue weighted by atomic mass is 127. The minimum atomic E-state index is 0.640. The SMILES string of the molecule is Cc1nnnn1-c1cccc(NCc2ccc(I)o2)c1. The molecule has 0 fully saturated rings. The van der Waals surface area contributed by atoms with Gasteiger partial charge in [0.15, 0.2) is 9.59 Å². The normalized spacial score (nSPS) is 10.7. The molecule has 3 aromatic rings. The van der Waals surface area contributed by atoms with E-state index in [-0.39, 0.29) is 0 Å². The standard InChI is InChI=1S/C13H12IN5O/c1-9-16-17-18-19(9)11-4-2-3-10(7-11)15-8-12-5-6-13(14)20-12/h2-7,15H,8H2,1H3. The van der Waals surface area contributed by atoms with Crippen molar-refractivity contribution in [3.8, 4) is 5.69 Å². The lowest BCUT2D eigenvalue weighted by Gasteiger charge is -2.07. The number of aromatic nitrogens is 4. The number of halogens is 1. The van der Waals surface area contributed by atoms with Crippen LogP contribution in [-0.2, 0) is 6.54 Å². The Morgan fingerprint density at radius 3 is 2.90 bits per heavy atom. The van der Waals surface area contributed by atoms with Gasteiger partial charge in [0.2, 0.25) is 0 Å². The molecule has 2 aromatic heterocycles. The third kappa shape index (κ3) is 2.82. The summed E-state index contributed by atoms with van der Waals surface area (Å²) in [5, 5.41) is 14.8. The van der Waals surface area contributed by atoms with Gasteiger partial charge in [-0.2, -0.15) is 4.68 Å². The quantitative estimate of drug-likeness (QED) is 0.704. The average Bonchev–Trinajstić information content (AvgIpc) is 3.05. The average molecular weight is 381 g/mol. The van der Waals surface area contributed by atoms with Gasteiger partial charge in [0.05, 0.1) is 12.2 Å². The van der Waals surface area contributed by atoms with Crippen LogP contribution in [0.4, 0.5) is 5.69 Å². The highest BCUT2D eigenvalue weighted by Crippen LogP contribution is 2.16. The van der Waals surface area contributed by atoms with Crippen LogP contribution in [0.3, 0.4) is 0 Å². The number of furan rings is 1. The van der Waals surface area contributed by atoms with Gasteiger partial charge >= 0.3 is 0 Å². The van der Waals surface area contributed by atoms with Gasteiger partial charge in [0.1, 0.15) is 5.76 Å². The maximum Gasteiger partial charge on any atom is 0.164 e. The van der Waals surface area contributed by atoms with Gasteiger partial charge in [0.25, 0.3) is 0 Å². The first-order chi connectivity index (χ1) is 9.72. The largest absolute Gasteiger partial charge is 0.454 e. The number of rotatable bonds is 4. The lowest BCUT2D eigenvalue weighted by atomic mass is 10.2. The summed E-state index contributed by atoms with van der Waals surface area (Å²) in [5.74, 6) is 1.65. The van der Waals surface area contributed by atoms with E-state index in [9.17, 15) is 0 Å². The van der Waals surface area contributed by atoms with Crippen LogP contribution in [0.15, 0.2) is 40.8 Å². The second-order valence-electron chi connectivity index (χ2n) is 4.25. The van der Waals surface area contributed by atoms with E-state index < -0.39 is 0 Å². The minimum absolute atomic E-state index is 0.640. The zero-order valence-corrected chi connectivity index (χ0v) is 12.9. The maximum absolute atomic E-state index is 5.51. The molecule has 0 atom stereocenters. The van der Waals surface area contributed by atoms with Crippen molar-refractivity contribution >= 4 is 28.3 Å². The number of hydrogen-bond acceptors (Lipinski definition) is 5. The Balaban J connectivity index is 1.76. The van der Waals surface area contributed by atoms with Gasteiger partial charge in [-0.1, -0.05) is 6.07 Å². The lowest BCUT2D eigenvalue weighted by Crippen LogP contribution is -2.02. The molecule has 0 aliphatic rings. The molecule has 0 saturated heterocycles. The number of hydrogen-bond donors (Lipinski definition) is 1. The summed E-state index contributed by atoms with van der Waals surface area (Å²) in [5.41, 5.74) is 1.91. The number of tetrazole rings is 1. The van der Waals surface area contributed by atoms with Crippen molar-refractivity contribution in [3.05, 3.63) is 51.7 Å². The van der Waals surface area contributed by atoms with Crippen molar-refractivity contribution in [1.29, 1.82) is 0 Å². The zero-order valence-electron chi connectivity index (χ0n) is 10.7. The fourth-order valence-corrected chi connectivity index (χ4v) is 2.32. The predicted molar refractivity (Wildman–Crippen MR) is 82.6 cm³/mol. The van der Waals surface area contributed by atoms with Crippen LogP contribution >= 0.6 is 22.6 Å². The minimum Gasteiger partial charge on any atom is -0.454 e. The Bertz CT molecular complexity index is 721. The molecule has 102 valence electrons. The van der Waals surface area contributed by atoms with E-state index in [0.717, 1.165) is 26.7 Å². The summed E-state index contributed by atoms with van der Waals surface area (Å²) in [6.45, 7) is 2.51. The van der Waals surface area contributed by atoms with Gasteiger partial charge in [-0.25, -0.2) is 0 Å². The monoisotopic (exact) mass is 381 g/mol. The van der Waals surface area contributed by atoms with Gasteiger partial charge in [-0.3, -0.25) is 0 Å². The van der Waals surface area contributed by atoms with Crippen LogP contribution in [0.25, 0.3) is 5.69 Å². The van der Waals surface area contributed by atoms with E-state index in [1.807, 2.05) is 43.3 Å². The van der Waals surface area contributed by atoms with Crippen molar-refractivity contribution in [3.63, 3.8) is 0 Å². The molecule has 2 heterocycles. The number of aryl methyl sites for hydroxylation is 1. The molecule has 0 unspecified atom stereocenters. The summed E-state index contributed by atoms with van der Waals surface area (Å²) in [6.07, 6.45) is 0. The first kappa shape index (κ1) is 13.1. The van der Waals surface area contributed by atoms with Crippen LogP contribution in [-0.4, -0.2) is 20.2 Å². The Labute approximate surface area is 129 Å². The van der Waals surface area contributed by atoms with E-state index in [2.05, 4.69) is 43.4 Å². The topological polar surface area (TPSA) is 68.8 Å². The first-order valence-corrected chi connectivity index (χ1v) is 7.14. The highest BCUT2D eigenvalue weighted by molar-refractivity contribution is 14.1. The fraction of sp³-hybridized carbons (Fsp3) is 0.154. The molecule has 7 heteroatoms. The summed E-state index contributed by atoms with van der Waals surface area (Å²) in [7, 11) is 0. The van der Waals surface area contributed by atoms with Gasteiger partial charge in [-0.15, -0.1) is 5.10 Å². The van der Waals surface area contributed by atoms with Crippen molar-refractivity contribution in [2.24, 2.45) is 0 Å². The zero-order chi connectivity index (χ0) is 13.9. The van der Waals surface area contributed by atoms with Crippen molar-refractivity contribution in [2.75, 3.05) is 5.32 Å². The molecule has 6 nitrogen and oxygen atoms in total. The molecular weight excluding hydrogens is 369 g/mol. The van der Waals surface area contributed by atoms with E-state index >= 15 is 0 Å². The van der Waals surface area contributed by atoms with E-state index in [0.29, 0.717) is 6.54 Å². The van der Waals surface area contributed by atoms with Crippen LogP contribution in [0.1, 0.15) is 11.6 Å². The third-order valence-electron chi connectivity index (χ3n) is 2.81. The van der Waals surface area contributed by atoms with Gasteiger partial charge in [-0.05, 0) is 70.3 Å². The summed E-state index contributed by atoms with van der Waals surface area (Å²) in [6, 6.07) is 11.8. The van der Waals surface area contributed by atoms with Crippen LogP contribution < -0.4 is 5.32 Å². The van der Waals surface area contributed by atoms with E-state index in [4.69, 9.17) is 4.42 Å². The Kier molecular flexibility index (Phi) is 3.68. The second-order valence-corrected chi connectivity index (χ2v) is 5.31. The molecule has 1 N–H and O–H groups in total. The van der Waals surface area contributed by atoms with Gasteiger partial charge in [0, 0.05) is 5.69 Å². The third-order valence-corrected chi connectivity index (χ3v) is 3.39. The first-order valence-electron chi connectivity index (χ1n) is 6.06. The number of nitrogens with zero attached hydrogens (tertiary/aromatic N) is 4. The summed E-state index contributed by atoms with van der Waals surface area (Å²) < 4.78 is 8.10. The smallest absolute Gasteiger partial charge is 0.164 e. The maximum atomic E-state index is 5.51. The number of benzene rings is 1. The predicted octanol–water partition coefficient (Wildman–Crippen LogP) is 2.78. The van der Waals surface area contributed by atoms with Crippen molar-refractivity contribution in [1.82, 2.24) is 20.2 Å². The Morgan fingerprint density at radius 2 is 2.20 bits per heavy atom. The van der Waals surface area contributed by atoms with Crippen LogP contribution in [0.5, 0.6) is 0 Å². The second kappa shape index (κ2) is 5.61. The van der Waals surface area contributed by atoms with Crippen LogP contribution in [0.2, 0.25) is 0 Å². The molecule has 0 spiro atoms. The van der Waals surface area contributed by atoms with Crippen molar-refractivity contribution < 1.29 is 4.42 Å². The molecule has 3 rings (SSSR count). The number of nitrogens with one attached hydrogen (secondary N) is 1. The molecule has 0 amide bonds. The molecular formula is C13H12IN5O. The van der Waals surface area contributed by atoms with Crippen molar-refractivity contribution in [2.45, 2.75) is 13.5 Å². The summed E-state index contributed by atoms with van der Waals surface area (Å²) >= 11 is 2.15. The molecule has 0 aliphatic heterocycles. The molecule has 20 heavy (non-hydrogen) atoms. The molecule has 1 aromatic carbocycles. The fourth-order valence-electron chi connectivity index (χ4n) is 1.85. The number of anilines is 1.